The molecular weight excluding hydrogens is 685 g/mol. The Morgan fingerprint density at radius 1 is 0.725 bits per heavy atom. The number of hydrogen-bond donors (Lipinski definition) is 0. The van der Waals surface area contributed by atoms with E-state index in [1.165, 1.54) is 35.7 Å². The van der Waals surface area contributed by atoms with Crippen LogP contribution in [0.1, 0.15) is 5.56 Å². The highest BCUT2D eigenvalue weighted by Crippen LogP contribution is 2.29. The van der Waals surface area contributed by atoms with Crippen LogP contribution in [-0.2, 0) is 31.4 Å². The Bertz CT molecular complexity index is 2410. The number of benzene rings is 5. The van der Waals surface area contributed by atoms with Crippen molar-refractivity contribution in [3.05, 3.63) is 139 Å². The molecule has 0 N–H and O–H groups in total. The zero-order chi connectivity index (χ0) is 35.6. The number of anilines is 1. The Morgan fingerprint density at radius 2 is 1.35 bits per heavy atom. The van der Waals surface area contributed by atoms with Gasteiger partial charge >= 0.3 is 10.1 Å². The second-order valence-electron chi connectivity index (χ2n) is 12.4. The van der Waals surface area contributed by atoms with E-state index in [2.05, 4.69) is 9.88 Å². The van der Waals surface area contributed by atoms with Gasteiger partial charge in [0.05, 0.1) is 4.90 Å². The summed E-state index contributed by atoms with van der Waals surface area (Å²) in [4.78, 5) is 22.5. The molecule has 6 aromatic rings. The first-order chi connectivity index (χ1) is 24.6. The quantitative estimate of drug-likeness (QED) is 0.165. The molecule has 1 atom stereocenters. The lowest BCUT2D eigenvalue weighted by molar-refractivity contribution is -0.135. The topological polar surface area (TPSA) is 117 Å². The number of nitrogens with zero attached hydrogens (tertiary/aromatic N) is 4. The molecule has 10 nitrogen and oxygen atoms in total. The summed E-state index contributed by atoms with van der Waals surface area (Å²) in [6, 6.07) is 34.1. The number of hydrogen-bond acceptors (Lipinski definition) is 8. The minimum Gasteiger partial charge on any atom is -0.379 e. The van der Waals surface area contributed by atoms with Crippen molar-refractivity contribution in [1.82, 2.24) is 14.2 Å². The number of carbonyl (C=O) groups excluding carboxylic acids is 1. The van der Waals surface area contributed by atoms with Gasteiger partial charge in [0.1, 0.15) is 16.7 Å². The fourth-order valence-corrected chi connectivity index (χ4v) is 9.22. The molecule has 0 radical (unpaired) electrons. The summed E-state index contributed by atoms with van der Waals surface area (Å²) >= 11 is 0. The fourth-order valence-electron chi connectivity index (χ4n) is 6.54. The zero-order valence-electron chi connectivity index (χ0n) is 27.9. The Morgan fingerprint density at radius 3 is 2.10 bits per heavy atom. The van der Waals surface area contributed by atoms with Crippen molar-refractivity contribution in [1.29, 1.82) is 0 Å². The van der Waals surface area contributed by atoms with Crippen LogP contribution >= 0.6 is 0 Å². The average molecular weight is 721 g/mol. The molecule has 1 aliphatic rings. The molecule has 0 unspecified atom stereocenters. The van der Waals surface area contributed by atoms with Gasteiger partial charge in [-0.25, -0.2) is 8.42 Å². The molecule has 1 aliphatic heterocycles. The summed E-state index contributed by atoms with van der Waals surface area (Å²) in [5.74, 6) is -0.219. The number of fused-ring (bicyclic) bond motifs is 2. The maximum Gasteiger partial charge on any atom is 0.339 e. The van der Waals surface area contributed by atoms with E-state index in [1.807, 2.05) is 48.5 Å². The van der Waals surface area contributed by atoms with E-state index in [4.69, 9.17) is 4.18 Å². The zero-order valence-corrected chi connectivity index (χ0v) is 29.5. The molecule has 1 amide bonds. The molecule has 7 rings (SSSR count). The lowest BCUT2D eigenvalue weighted by Crippen LogP contribution is -2.56. The van der Waals surface area contributed by atoms with Gasteiger partial charge in [0.25, 0.3) is 0 Å². The van der Waals surface area contributed by atoms with Gasteiger partial charge < -0.3 is 14.0 Å². The SMILES string of the molecule is CN([C@@H](Cc1ccc(OS(=O)(=O)c2cccc3cnccc23)cc1)C(=O)N1CCN(c2ccccc2)CC1)S(=O)(=O)c1cccc2ccccc12. The molecule has 51 heavy (non-hydrogen) atoms. The third-order valence-electron chi connectivity index (χ3n) is 9.31. The second-order valence-corrected chi connectivity index (χ2v) is 15.9. The van der Waals surface area contributed by atoms with E-state index in [1.54, 1.807) is 65.7 Å². The predicted octanol–water partition coefficient (Wildman–Crippen LogP) is 5.74. The monoisotopic (exact) mass is 720 g/mol. The number of para-hydroxylation sites is 1. The number of amides is 1. The highest BCUT2D eigenvalue weighted by molar-refractivity contribution is 7.89. The Hall–Kier alpha value is -5.30. The number of sulfonamides is 1. The molecular formula is C39H36N4O6S2. The minimum atomic E-state index is -4.19. The number of rotatable bonds is 10. The first-order valence-corrected chi connectivity index (χ1v) is 19.4. The molecule has 1 saturated heterocycles. The Kier molecular flexibility index (Phi) is 9.47. The van der Waals surface area contributed by atoms with Gasteiger partial charge in [0, 0.05) is 67.5 Å². The van der Waals surface area contributed by atoms with Crippen molar-refractivity contribution >= 4 is 53.3 Å². The molecule has 1 fully saturated rings. The van der Waals surface area contributed by atoms with Crippen LogP contribution in [0.3, 0.4) is 0 Å². The van der Waals surface area contributed by atoms with E-state index in [-0.39, 0.29) is 27.9 Å². The fraction of sp³-hybridized carbons (Fsp3) is 0.179. The summed E-state index contributed by atoms with van der Waals surface area (Å²) in [6.45, 7) is 2.08. The Labute approximate surface area is 297 Å². The molecule has 12 heteroatoms. The molecule has 260 valence electrons. The summed E-state index contributed by atoms with van der Waals surface area (Å²) < 4.78 is 61.9. The molecule has 0 spiro atoms. The summed E-state index contributed by atoms with van der Waals surface area (Å²) in [5.41, 5.74) is 1.70. The first kappa shape index (κ1) is 34.2. The molecule has 1 aromatic heterocycles. The van der Waals surface area contributed by atoms with E-state index < -0.39 is 26.2 Å². The Balaban J connectivity index is 1.16. The van der Waals surface area contributed by atoms with Crippen molar-refractivity contribution in [2.24, 2.45) is 0 Å². The third kappa shape index (κ3) is 7.03. The second kappa shape index (κ2) is 14.1. The van der Waals surface area contributed by atoms with E-state index in [9.17, 15) is 21.6 Å². The van der Waals surface area contributed by atoms with Crippen LogP contribution in [0, 0.1) is 0 Å². The minimum absolute atomic E-state index is 0.0183. The lowest BCUT2D eigenvalue weighted by atomic mass is 10.0. The van der Waals surface area contributed by atoms with Crippen LogP contribution in [0.2, 0.25) is 0 Å². The molecule has 2 heterocycles. The predicted molar refractivity (Wildman–Crippen MR) is 198 cm³/mol. The van der Waals surface area contributed by atoms with Crippen molar-refractivity contribution in [3.63, 3.8) is 0 Å². The standard InChI is InChI=1S/C39H36N4O6S2/c1-41(50(45,46)37-15-7-10-30-9-5-6-14-34(30)37)36(39(44)43-25-23-42(24-26-43)32-12-3-2-4-13-32)27-29-17-19-33(20-18-29)49-51(47,48)38-16-8-11-31-28-40-22-21-35(31)38/h2-22,28,36H,23-27H2,1H3/t36-/m0/s1. The van der Waals surface area contributed by atoms with Crippen LogP contribution in [0.4, 0.5) is 5.69 Å². The van der Waals surface area contributed by atoms with Gasteiger partial charge in [-0.3, -0.25) is 9.78 Å². The van der Waals surface area contributed by atoms with Gasteiger partial charge in [-0.1, -0.05) is 78.9 Å². The van der Waals surface area contributed by atoms with Crippen molar-refractivity contribution < 1.29 is 25.8 Å². The van der Waals surface area contributed by atoms with Crippen LogP contribution in [0.5, 0.6) is 5.75 Å². The number of pyridine rings is 1. The van der Waals surface area contributed by atoms with Crippen LogP contribution in [-0.4, -0.2) is 76.2 Å². The number of aromatic nitrogens is 1. The largest absolute Gasteiger partial charge is 0.379 e. The van der Waals surface area contributed by atoms with Gasteiger partial charge in [0.2, 0.25) is 15.9 Å². The smallest absolute Gasteiger partial charge is 0.339 e. The van der Waals surface area contributed by atoms with Gasteiger partial charge in [-0.2, -0.15) is 12.7 Å². The summed E-state index contributed by atoms with van der Waals surface area (Å²) in [6.07, 6.45) is 3.16. The normalized spacial score (nSPS) is 14.5. The van der Waals surface area contributed by atoms with Crippen molar-refractivity contribution in [3.8, 4) is 5.75 Å². The molecule has 0 saturated carbocycles. The average Bonchev–Trinajstić information content (AvgIpc) is 3.17. The van der Waals surface area contributed by atoms with E-state index in [0.29, 0.717) is 47.9 Å². The van der Waals surface area contributed by atoms with Gasteiger partial charge in [0.15, 0.2) is 0 Å². The maximum absolute atomic E-state index is 14.3. The highest BCUT2D eigenvalue weighted by Gasteiger charge is 2.37. The first-order valence-electron chi connectivity index (χ1n) is 16.5. The molecule has 5 aromatic carbocycles. The number of carbonyl (C=O) groups is 1. The number of piperazine rings is 1. The number of likely N-dealkylation sites (N-methyl/N-ethyl adjacent to an activating group) is 1. The van der Waals surface area contributed by atoms with Crippen LogP contribution in [0.15, 0.2) is 144 Å². The van der Waals surface area contributed by atoms with Crippen molar-refractivity contribution in [2.45, 2.75) is 22.3 Å². The van der Waals surface area contributed by atoms with Gasteiger partial charge in [-0.15, -0.1) is 0 Å². The maximum atomic E-state index is 14.3. The van der Waals surface area contributed by atoms with Gasteiger partial charge in [-0.05, 0) is 59.8 Å². The lowest BCUT2D eigenvalue weighted by Gasteiger charge is -2.39. The van der Waals surface area contributed by atoms with E-state index in [0.717, 1.165) is 11.1 Å². The van der Waals surface area contributed by atoms with Crippen molar-refractivity contribution in [2.75, 3.05) is 38.1 Å². The molecule has 0 aliphatic carbocycles. The van der Waals surface area contributed by atoms with Crippen LogP contribution in [0.25, 0.3) is 21.5 Å². The van der Waals surface area contributed by atoms with E-state index >= 15 is 0 Å². The summed E-state index contributed by atoms with van der Waals surface area (Å²) in [5, 5.41) is 2.50. The summed E-state index contributed by atoms with van der Waals surface area (Å²) in [7, 11) is -6.88. The van der Waals surface area contributed by atoms with Crippen LogP contribution < -0.4 is 9.08 Å². The highest BCUT2D eigenvalue weighted by atomic mass is 32.2. The third-order valence-corrected chi connectivity index (χ3v) is 12.5. The molecule has 0 bridgehead atoms.